The summed E-state index contributed by atoms with van der Waals surface area (Å²) in [6, 6.07) is 0. The van der Waals surface area contributed by atoms with Crippen LogP contribution in [0, 0.1) is 33.8 Å². The van der Waals surface area contributed by atoms with Gasteiger partial charge in [0.2, 0.25) is 0 Å². The Morgan fingerprint density at radius 1 is 1.18 bits per heavy atom. The Hall–Kier alpha value is -0.280. The molecule has 0 saturated carbocycles. The monoisotopic (exact) mass is 250 g/mol. The molecule has 0 radical (unpaired) electrons. The van der Waals surface area contributed by atoms with E-state index in [1.165, 1.54) is 0 Å². The third-order valence-corrected chi connectivity index (χ3v) is 1.04. The van der Waals surface area contributed by atoms with E-state index < -0.39 is 0 Å². The molecular weight excluding hydrogens is 251 g/mol. The smallest absolute Gasteiger partial charge is 0.124 e. The van der Waals surface area contributed by atoms with Gasteiger partial charge in [-0.25, -0.2) is 0 Å². The van der Waals surface area contributed by atoms with Gasteiger partial charge in [0.25, 0.3) is 0 Å². The summed E-state index contributed by atoms with van der Waals surface area (Å²) in [6.45, 7) is 0. The van der Waals surface area contributed by atoms with Crippen LogP contribution in [0.1, 0.15) is 0 Å². The Bertz CT molecular complexity index is 272. The first-order valence-corrected chi connectivity index (χ1v) is 3.97. The lowest BCUT2D eigenvalue weighted by Crippen LogP contribution is -1.63. The van der Waals surface area contributed by atoms with Crippen LogP contribution < -0.4 is 0 Å². The van der Waals surface area contributed by atoms with Crippen molar-refractivity contribution in [1.29, 1.82) is 0 Å². The van der Waals surface area contributed by atoms with Gasteiger partial charge >= 0.3 is 0 Å². The largest absolute Gasteiger partial charge is 0.131 e. The van der Waals surface area contributed by atoms with Gasteiger partial charge in [-0.3, -0.25) is 0 Å². The zero-order valence-corrected chi connectivity index (χ0v) is 8.14. The fraction of sp³-hybridized carbons (Fsp3) is 0. The topological polar surface area (TPSA) is 18.5 Å². The molecule has 0 aliphatic heterocycles. The van der Waals surface area contributed by atoms with Crippen molar-refractivity contribution in [3.05, 3.63) is 0 Å². The molecule has 0 aromatic heterocycles. The zero-order valence-electron chi connectivity index (χ0n) is 4.98. The van der Waals surface area contributed by atoms with Gasteiger partial charge in [0.1, 0.15) is 23.9 Å². The van der Waals surface area contributed by atoms with Crippen LogP contribution in [0.15, 0.2) is 0 Å². The van der Waals surface area contributed by atoms with Crippen molar-refractivity contribution in [3.8, 4) is 33.8 Å². The highest BCUT2D eigenvalue weighted by Gasteiger charge is 1.75. The van der Waals surface area contributed by atoms with Crippen LogP contribution in [0.4, 0.5) is 0 Å². The van der Waals surface area contributed by atoms with Gasteiger partial charge in [-0.1, -0.05) is 0 Å². The van der Waals surface area contributed by atoms with E-state index in [2.05, 4.69) is 70.3 Å². The van der Waals surface area contributed by atoms with Crippen molar-refractivity contribution in [1.82, 2.24) is 0 Å². The predicted molar refractivity (Wildman–Crippen MR) is 47.9 cm³/mol. The Kier molecular flexibility index (Phi) is 9.47. The zero-order chi connectivity index (χ0) is 8.36. The highest BCUT2D eigenvalue weighted by atomic mass is 79.9. The highest BCUT2D eigenvalue weighted by molar-refractivity contribution is 9.12. The summed E-state index contributed by atoms with van der Waals surface area (Å²) >= 11 is 8.29. The van der Waals surface area contributed by atoms with Crippen molar-refractivity contribution >= 4 is 39.8 Å². The van der Waals surface area contributed by atoms with Crippen LogP contribution >= 0.6 is 39.8 Å². The van der Waals surface area contributed by atoms with Crippen LogP contribution in [-0.4, -0.2) is 0 Å². The average Bonchev–Trinajstić information content (AvgIpc) is 2.03. The van der Waals surface area contributed by atoms with Crippen LogP contribution in [0.3, 0.4) is 0 Å². The predicted octanol–water partition coefficient (Wildman–Crippen LogP) is 2.06. The third-order valence-electron chi connectivity index (χ3n) is 0.387. The number of hydrogen-bond donors (Lipinski definition) is 0. The Balaban J connectivity index is 3.54. The molecular formula is C6BrClO2S. The summed E-state index contributed by atoms with van der Waals surface area (Å²) in [7, 11) is 0. The molecule has 56 valence electrons. The standard InChI is InChI=1S/C6BrClO2S/c7-5-3-1-2-4-6-11-10-9-8. The average molecular weight is 251 g/mol. The molecule has 0 aromatic rings. The lowest BCUT2D eigenvalue weighted by Gasteiger charge is -1.79. The van der Waals surface area contributed by atoms with Crippen LogP contribution in [-0.2, 0) is 8.77 Å². The third kappa shape index (κ3) is 9.72. The van der Waals surface area contributed by atoms with E-state index in [4.69, 9.17) is 0 Å². The van der Waals surface area contributed by atoms with Gasteiger partial charge < -0.3 is 0 Å². The Morgan fingerprint density at radius 2 is 1.91 bits per heavy atom. The number of halogens is 2. The van der Waals surface area contributed by atoms with E-state index in [0.717, 1.165) is 12.0 Å². The van der Waals surface area contributed by atoms with E-state index in [1.807, 2.05) is 0 Å². The number of hydrogen-bond acceptors (Lipinski definition) is 3. The maximum Gasteiger partial charge on any atom is 0.124 e. The summed E-state index contributed by atoms with van der Waals surface area (Å²) in [4.78, 5) is 2.41. The Labute approximate surface area is 82.4 Å². The fourth-order valence-electron chi connectivity index (χ4n) is 0.162. The number of rotatable bonds is 2. The van der Waals surface area contributed by atoms with Crippen LogP contribution in [0.5, 0.6) is 0 Å². The van der Waals surface area contributed by atoms with E-state index in [-0.39, 0.29) is 0 Å². The molecule has 0 aliphatic rings. The molecule has 0 spiro atoms. The van der Waals surface area contributed by atoms with Gasteiger partial charge in [-0.2, -0.15) is 0 Å². The second-order valence-corrected chi connectivity index (χ2v) is 1.94. The molecule has 0 aliphatic carbocycles. The molecule has 0 bridgehead atoms. The molecule has 0 aromatic carbocycles. The lowest BCUT2D eigenvalue weighted by molar-refractivity contribution is -0.0669. The summed E-state index contributed by atoms with van der Waals surface area (Å²) in [6.07, 6.45) is 0. The molecule has 0 fully saturated rings. The summed E-state index contributed by atoms with van der Waals surface area (Å²) < 4.78 is 7.85. The minimum atomic E-state index is 0.734. The van der Waals surface area contributed by atoms with Crippen molar-refractivity contribution in [2.75, 3.05) is 0 Å². The fourth-order valence-corrected chi connectivity index (χ4v) is 0.491. The molecule has 0 amide bonds. The van der Waals surface area contributed by atoms with Crippen molar-refractivity contribution < 1.29 is 8.77 Å². The van der Waals surface area contributed by atoms with Crippen molar-refractivity contribution in [2.24, 2.45) is 0 Å². The van der Waals surface area contributed by atoms with Gasteiger partial charge in [0.15, 0.2) is 0 Å². The molecule has 0 unspecified atom stereocenters. The SMILES string of the molecule is ClOOSC#CC#CC#CBr. The Morgan fingerprint density at radius 3 is 2.55 bits per heavy atom. The second kappa shape index (κ2) is 9.72. The van der Waals surface area contributed by atoms with E-state index in [0.29, 0.717) is 0 Å². The van der Waals surface area contributed by atoms with Gasteiger partial charge in [-0.05, 0) is 22.6 Å². The van der Waals surface area contributed by atoms with Gasteiger partial charge in [0.05, 0.1) is 0 Å². The van der Waals surface area contributed by atoms with Gasteiger partial charge in [-0.15, -0.1) is 8.77 Å². The van der Waals surface area contributed by atoms with Crippen molar-refractivity contribution in [2.45, 2.75) is 0 Å². The summed E-state index contributed by atoms with van der Waals surface area (Å²) in [5.74, 6) is 9.72. The molecule has 0 atom stereocenters. The highest BCUT2D eigenvalue weighted by Crippen LogP contribution is 2.00. The first-order chi connectivity index (χ1) is 5.41. The molecule has 0 heterocycles. The molecule has 0 saturated heterocycles. The van der Waals surface area contributed by atoms with E-state index in [1.54, 1.807) is 0 Å². The molecule has 0 N–H and O–H groups in total. The molecule has 5 heteroatoms. The molecule has 2 nitrogen and oxygen atoms in total. The molecule has 11 heavy (non-hydrogen) atoms. The summed E-state index contributed by atoms with van der Waals surface area (Å²) in [5.41, 5.74) is 0. The van der Waals surface area contributed by atoms with Crippen LogP contribution in [0.25, 0.3) is 0 Å². The minimum absolute atomic E-state index is 0.734. The minimum Gasteiger partial charge on any atom is -0.131 e. The second-order valence-electron chi connectivity index (χ2n) is 0.911. The molecule has 0 rings (SSSR count). The lowest BCUT2D eigenvalue weighted by atomic mass is 10.6. The van der Waals surface area contributed by atoms with E-state index in [9.17, 15) is 0 Å². The van der Waals surface area contributed by atoms with E-state index >= 15 is 0 Å². The van der Waals surface area contributed by atoms with Crippen molar-refractivity contribution in [3.63, 3.8) is 0 Å². The van der Waals surface area contributed by atoms with Gasteiger partial charge in [0, 0.05) is 27.1 Å². The quantitative estimate of drug-likeness (QED) is 0.246. The van der Waals surface area contributed by atoms with Crippen LogP contribution in [0.2, 0.25) is 0 Å². The first kappa shape index (κ1) is 10.7. The maximum atomic E-state index is 4.69. The first-order valence-electron chi connectivity index (χ1n) is 2.13. The maximum absolute atomic E-state index is 4.69. The summed E-state index contributed by atoms with van der Waals surface area (Å²) in [5, 5.41) is 2.42. The normalized spacial score (nSPS) is 6.00.